The van der Waals surface area contributed by atoms with E-state index in [1.165, 1.54) is 19.3 Å². The standard InChI is InChI=1S/C16H29NO3/c1-12(2)4-3-5-13-6-8-14(9-7-13)16(20)17-11-10-15(18)19/h12-14H,3-11H2,1-2H3,(H,17,20)(H,18,19)/t13-,14+. The summed E-state index contributed by atoms with van der Waals surface area (Å²) in [5.74, 6) is 0.861. The zero-order chi connectivity index (χ0) is 15.0. The van der Waals surface area contributed by atoms with Gasteiger partial charge in [0.25, 0.3) is 0 Å². The Morgan fingerprint density at radius 3 is 2.40 bits per heavy atom. The molecular formula is C16H29NO3. The van der Waals surface area contributed by atoms with Gasteiger partial charge in [0, 0.05) is 12.5 Å². The summed E-state index contributed by atoms with van der Waals surface area (Å²) in [6.07, 6.45) is 8.13. The highest BCUT2D eigenvalue weighted by Gasteiger charge is 2.25. The molecule has 20 heavy (non-hydrogen) atoms. The number of hydrogen-bond donors (Lipinski definition) is 2. The van der Waals surface area contributed by atoms with Gasteiger partial charge in [-0.05, 0) is 37.5 Å². The molecule has 0 unspecified atom stereocenters. The molecule has 1 amide bonds. The first-order chi connectivity index (χ1) is 9.49. The summed E-state index contributed by atoms with van der Waals surface area (Å²) in [4.78, 5) is 22.3. The highest BCUT2D eigenvalue weighted by Crippen LogP contribution is 2.32. The van der Waals surface area contributed by atoms with E-state index >= 15 is 0 Å². The first-order valence-corrected chi connectivity index (χ1v) is 7.98. The van der Waals surface area contributed by atoms with Gasteiger partial charge in [0.2, 0.25) is 5.91 Å². The second-order valence-electron chi connectivity index (χ2n) is 6.48. The normalized spacial score (nSPS) is 22.8. The largest absolute Gasteiger partial charge is 0.481 e. The third-order valence-electron chi connectivity index (χ3n) is 4.25. The molecule has 1 aliphatic rings. The maximum absolute atomic E-state index is 11.9. The summed E-state index contributed by atoms with van der Waals surface area (Å²) in [7, 11) is 0. The molecule has 4 nitrogen and oxygen atoms in total. The minimum Gasteiger partial charge on any atom is -0.481 e. The van der Waals surface area contributed by atoms with Crippen LogP contribution in [0, 0.1) is 17.8 Å². The fraction of sp³-hybridized carbons (Fsp3) is 0.875. The van der Waals surface area contributed by atoms with Crippen molar-refractivity contribution in [2.75, 3.05) is 6.54 Å². The van der Waals surface area contributed by atoms with Crippen LogP contribution in [0.1, 0.15) is 65.2 Å². The molecule has 1 rings (SSSR count). The molecule has 0 bridgehead atoms. The summed E-state index contributed by atoms with van der Waals surface area (Å²) < 4.78 is 0. The molecule has 0 aromatic heterocycles. The van der Waals surface area contributed by atoms with E-state index in [0.29, 0.717) is 0 Å². The molecule has 0 spiro atoms. The lowest BCUT2D eigenvalue weighted by Crippen LogP contribution is -2.34. The monoisotopic (exact) mass is 283 g/mol. The lowest BCUT2D eigenvalue weighted by Gasteiger charge is -2.27. The Labute approximate surface area is 122 Å². The fourth-order valence-corrected chi connectivity index (χ4v) is 2.97. The molecular weight excluding hydrogens is 254 g/mol. The topological polar surface area (TPSA) is 66.4 Å². The van der Waals surface area contributed by atoms with Crippen molar-refractivity contribution in [3.63, 3.8) is 0 Å². The molecule has 1 fully saturated rings. The minimum absolute atomic E-state index is 0.0102. The molecule has 2 N–H and O–H groups in total. The Kier molecular flexibility index (Phi) is 7.63. The zero-order valence-electron chi connectivity index (χ0n) is 12.9. The second kappa shape index (κ2) is 8.98. The quantitative estimate of drug-likeness (QED) is 0.719. The smallest absolute Gasteiger partial charge is 0.305 e. The molecule has 0 aromatic rings. The van der Waals surface area contributed by atoms with Gasteiger partial charge in [-0.15, -0.1) is 0 Å². The van der Waals surface area contributed by atoms with Crippen molar-refractivity contribution in [1.82, 2.24) is 5.32 Å². The molecule has 1 saturated carbocycles. The van der Waals surface area contributed by atoms with E-state index in [1.807, 2.05) is 0 Å². The van der Waals surface area contributed by atoms with E-state index in [9.17, 15) is 9.59 Å². The summed E-state index contributed by atoms with van der Waals surface area (Å²) in [6.45, 7) is 4.78. The third-order valence-corrected chi connectivity index (χ3v) is 4.25. The number of hydrogen-bond acceptors (Lipinski definition) is 2. The first kappa shape index (κ1) is 17.0. The molecule has 0 saturated heterocycles. The number of carboxylic acids is 1. The highest BCUT2D eigenvalue weighted by atomic mass is 16.4. The van der Waals surface area contributed by atoms with Crippen molar-refractivity contribution in [1.29, 1.82) is 0 Å². The number of nitrogens with one attached hydrogen (secondary N) is 1. The van der Waals surface area contributed by atoms with Gasteiger partial charge in [-0.25, -0.2) is 0 Å². The molecule has 0 atom stereocenters. The molecule has 0 heterocycles. The van der Waals surface area contributed by atoms with Crippen molar-refractivity contribution in [2.24, 2.45) is 17.8 Å². The molecule has 0 aliphatic heterocycles. The number of carbonyl (C=O) groups is 2. The summed E-state index contributed by atoms with van der Waals surface area (Å²) in [5, 5.41) is 11.3. The van der Waals surface area contributed by atoms with Crippen LogP contribution >= 0.6 is 0 Å². The van der Waals surface area contributed by atoms with E-state index in [0.717, 1.165) is 37.5 Å². The number of rotatable bonds is 8. The Morgan fingerprint density at radius 1 is 1.20 bits per heavy atom. The summed E-state index contributed by atoms with van der Waals surface area (Å²) in [6, 6.07) is 0. The van der Waals surface area contributed by atoms with Crippen LogP contribution in [0.2, 0.25) is 0 Å². The summed E-state index contributed by atoms with van der Waals surface area (Å²) in [5.41, 5.74) is 0. The van der Waals surface area contributed by atoms with Gasteiger partial charge >= 0.3 is 5.97 Å². The van der Waals surface area contributed by atoms with Crippen molar-refractivity contribution < 1.29 is 14.7 Å². The van der Waals surface area contributed by atoms with Crippen LogP contribution < -0.4 is 5.32 Å². The Morgan fingerprint density at radius 2 is 1.85 bits per heavy atom. The number of amides is 1. The van der Waals surface area contributed by atoms with Crippen molar-refractivity contribution in [2.45, 2.75) is 65.2 Å². The second-order valence-corrected chi connectivity index (χ2v) is 6.48. The average molecular weight is 283 g/mol. The van der Waals surface area contributed by atoms with Crippen molar-refractivity contribution in [3.05, 3.63) is 0 Å². The Balaban J connectivity index is 2.14. The first-order valence-electron chi connectivity index (χ1n) is 7.98. The molecule has 116 valence electrons. The van der Waals surface area contributed by atoms with E-state index in [2.05, 4.69) is 19.2 Å². The third kappa shape index (κ3) is 6.92. The minimum atomic E-state index is -0.862. The molecule has 0 radical (unpaired) electrons. The van der Waals surface area contributed by atoms with E-state index in [4.69, 9.17) is 5.11 Å². The highest BCUT2D eigenvalue weighted by molar-refractivity contribution is 5.79. The number of carbonyl (C=O) groups excluding carboxylic acids is 1. The number of carboxylic acid groups (broad SMARTS) is 1. The van der Waals surface area contributed by atoms with Gasteiger partial charge < -0.3 is 10.4 Å². The average Bonchev–Trinajstić information content (AvgIpc) is 2.38. The van der Waals surface area contributed by atoms with Crippen LogP contribution in [0.15, 0.2) is 0 Å². The SMILES string of the molecule is CC(C)CCC[C@H]1CC[C@@H](C(=O)NCCC(=O)O)CC1. The Bertz CT molecular complexity index is 307. The van der Waals surface area contributed by atoms with Crippen LogP contribution in [0.4, 0.5) is 0 Å². The van der Waals surface area contributed by atoms with Crippen LogP contribution in [0.3, 0.4) is 0 Å². The van der Waals surface area contributed by atoms with Gasteiger partial charge in [0.05, 0.1) is 6.42 Å². The predicted octanol–water partition coefficient (Wildman–Crippen LogP) is 3.21. The molecule has 4 heteroatoms. The van der Waals surface area contributed by atoms with E-state index in [1.54, 1.807) is 0 Å². The van der Waals surface area contributed by atoms with Crippen molar-refractivity contribution in [3.8, 4) is 0 Å². The van der Waals surface area contributed by atoms with E-state index in [-0.39, 0.29) is 24.8 Å². The lowest BCUT2D eigenvalue weighted by molar-refractivity contribution is -0.137. The maximum Gasteiger partial charge on any atom is 0.305 e. The molecule has 1 aliphatic carbocycles. The van der Waals surface area contributed by atoms with Gasteiger partial charge in [-0.1, -0.05) is 33.1 Å². The van der Waals surface area contributed by atoms with Gasteiger partial charge in [-0.3, -0.25) is 9.59 Å². The van der Waals surface area contributed by atoms with Crippen molar-refractivity contribution >= 4 is 11.9 Å². The van der Waals surface area contributed by atoms with E-state index < -0.39 is 5.97 Å². The lowest BCUT2D eigenvalue weighted by atomic mass is 9.79. The van der Waals surface area contributed by atoms with Crippen LogP contribution in [0.25, 0.3) is 0 Å². The van der Waals surface area contributed by atoms with Gasteiger partial charge in [0.15, 0.2) is 0 Å². The number of aliphatic carboxylic acids is 1. The maximum atomic E-state index is 11.9. The summed E-state index contributed by atoms with van der Waals surface area (Å²) >= 11 is 0. The van der Waals surface area contributed by atoms with Gasteiger partial charge in [0.1, 0.15) is 0 Å². The van der Waals surface area contributed by atoms with Gasteiger partial charge in [-0.2, -0.15) is 0 Å². The molecule has 0 aromatic carbocycles. The Hall–Kier alpha value is -1.06. The van der Waals surface area contributed by atoms with Crippen LogP contribution in [-0.2, 0) is 9.59 Å². The predicted molar refractivity (Wildman–Crippen MR) is 79.4 cm³/mol. The van der Waals surface area contributed by atoms with Crippen LogP contribution in [-0.4, -0.2) is 23.5 Å². The fourth-order valence-electron chi connectivity index (χ4n) is 2.97. The zero-order valence-corrected chi connectivity index (χ0v) is 12.9. The van der Waals surface area contributed by atoms with Crippen LogP contribution in [0.5, 0.6) is 0 Å².